The number of piperazine rings is 1. The van der Waals surface area contributed by atoms with Gasteiger partial charge in [-0.3, -0.25) is 4.90 Å². The third kappa shape index (κ3) is 4.21. The van der Waals surface area contributed by atoms with Gasteiger partial charge in [-0.25, -0.2) is 0 Å². The topological polar surface area (TPSA) is 68.5 Å². The molecular formula is C16H23Cl2N3O2. The van der Waals surface area contributed by atoms with Gasteiger partial charge in [0.05, 0.1) is 18.7 Å². The molecule has 0 radical (unpaired) electrons. The molecule has 2 N–H and O–H groups in total. The number of phenols is 1. The van der Waals surface area contributed by atoms with Gasteiger partial charge >= 0.3 is 0 Å². The van der Waals surface area contributed by atoms with E-state index in [-0.39, 0.29) is 36.6 Å². The van der Waals surface area contributed by atoms with Crippen molar-refractivity contribution in [2.75, 3.05) is 33.3 Å². The zero-order valence-corrected chi connectivity index (χ0v) is 14.8. The summed E-state index contributed by atoms with van der Waals surface area (Å²) in [6, 6.07) is 5.77. The molecule has 0 spiro atoms. The van der Waals surface area contributed by atoms with E-state index in [0.717, 1.165) is 31.7 Å². The molecule has 1 aromatic carbocycles. The van der Waals surface area contributed by atoms with E-state index in [4.69, 9.17) is 4.74 Å². The Hall–Kier alpha value is -1.19. The number of hydrogen-bond donors (Lipinski definition) is 2. The molecule has 3 rings (SSSR count). The average molecular weight is 360 g/mol. The summed E-state index contributed by atoms with van der Waals surface area (Å²) in [6.45, 7) is 3.89. The van der Waals surface area contributed by atoms with Crippen LogP contribution in [0.2, 0.25) is 0 Å². The van der Waals surface area contributed by atoms with E-state index in [9.17, 15) is 10.4 Å². The van der Waals surface area contributed by atoms with Crippen molar-refractivity contribution < 1.29 is 9.84 Å². The molecule has 1 saturated heterocycles. The highest BCUT2D eigenvalue weighted by molar-refractivity contribution is 5.85. The second-order valence-corrected chi connectivity index (χ2v) is 5.80. The molecule has 128 valence electrons. The zero-order chi connectivity index (χ0) is 14.8. The number of hydrogen-bond acceptors (Lipinski definition) is 5. The number of ether oxygens (including phenoxy) is 1. The maximum Gasteiger partial charge on any atom is 0.162 e. The number of halogens is 2. The monoisotopic (exact) mass is 359 g/mol. The molecule has 2 aliphatic rings. The predicted octanol–water partition coefficient (Wildman–Crippen LogP) is 2.47. The first kappa shape index (κ1) is 19.9. The fraction of sp³-hybridized carbons (Fsp3) is 0.562. The summed E-state index contributed by atoms with van der Waals surface area (Å²) >= 11 is 0. The lowest BCUT2D eigenvalue weighted by molar-refractivity contribution is 0.153. The second-order valence-electron chi connectivity index (χ2n) is 5.80. The van der Waals surface area contributed by atoms with Crippen molar-refractivity contribution in [3.8, 4) is 17.6 Å². The Morgan fingerprint density at radius 1 is 1.30 bits per heavy atom. The van der Waals surface area contributed by atoms with E-state index in [1.165, 1.54) is 20.0 Å². The lowest BCUT2D eigenvalue weighted by atomic mass is 9.96. The number of methoxy groups -OCH3 is 1. The van der Waals surface area contributed by atoms with Crippen LogP contribution in [0.25, 0.3) is 0 Å². The number of nitrogens with one attached hydrogen (secondary N) is 1. The molecule has 1 aromatic rings. The molecule has 1 heterocycles. The number of phenolic OH excluding ortho intramolecular Hbond substituents is 1. The molecule has 0 amide bonds. The maximum absolute atomic E-state index is 10.5. The SMILES string of the molecule is COc1cc(C#N)cc([C@@H](C2CC2)N2CCNCC2)c1O.Cl.Cl. The summed E-state index contributed by atoms with van der Waals surface area (Å²) in [6.07, 6.45) is 2.38. The molecule has 23 heavy (non-hydrogen) atoms. The molecule has 0 bridgehead atoms. The van der Waals surface area contributed by atoms with Gasteiger partial charge in [0.15, 0.2) is 11.5 Å². The van der Waals surface area contributed by atoms with Gasteiger partial charge in [-0.2, -0.15) is 5.26 Å². The smallest absolute Gasteiger partial charge is 0.162 e. The second kappa shape index (κ2) is 8.60. The Morgan fingerprint density at radius 2 is 1.96 bits per heavy atom. The van der Waals surface area contributed by atoms with Crippen LogP contribution in [-0.2, 0) is 0 Å². The van der Waals surface area contributed by atoms with Crippen molar-refractivity contribution >= 4 is 24.8 Å². The quantitative estimate of drug-likeness (QED) is 0.864. The van der Waals surface area contributed by atoms with Gasteiger partial charge in [0.2, 0.25) is 0 Å². The van der Waals surface area contributed by atoms with Crippen molar-refractivity contribution in [2.45, 2.75) is 18.9 Å². The Balaban J connectivity index is 0.00000132. The van der Waals surface area contributed by atoms with Crippen LogP contribution in [0.3, 0.4) is 0 Å². The molecule has 5 nitrogen and oxygen atoms in total. The maximum atomic E-state index is 10.5. The van der Waals surface area contributed by atoms with Gasteiger partial charge in [-0.1, -0.05) is 0 Å². The summed E-state index contributed by atoms with van der Waals surface area (Å²) in [5, 5.41) is 23.1. The fourth-order valence-electron chi connectivity index (χ4n) is 3.20. The van der Waals surface area contributed by atoms with Crippen LogP contribution in [0.1, 0.15) is 30.0 Å². The van der Waals surface area contributed by atoms with E-state index in [1.54, 1.807) is 6.07 Å². The number of aromatic hydroxyl groups is 1. The Kier molecular flexibility index (Phi) is 7.43. The Morgan fingerprint density at radius 3 is 2.48 bits per heavy atom. The minimum absolute atomic E-state index is 0. The molecule has 2 fully saturated rings. The van der Waals surface area contributed by atoms with Crippen molar-refractivity contribution in [1.82, 2.24) is 10.2 Å². The predicted molar refractivity (Wildman–Crippen MR) is 93.8 cm³/mol. The highest BCUT2D eigenvalue weighted by atomic mass is 35.5. The first-order chi connectivity index (χ1) is 10.2. The van der Waals surface area contributed by atoms with Gasteiger partial charge in [0.25, 0.3) is 0 Å². The van der Waals surface area contributed by atoms with E-state index in [1.807, 2.05) is 6.07 Å². The average Bonchev–Trinajstić information content (AvgIpc) is 3.35. The van der Waals surface area contributed by atoms with Crippen LogP contribution in [0.4, 0.5) is 0 Å². The van der Waals surface area contributed by atoms with Crippen LogP contribution in [0, 0.1) is 17.2 Å². The number of nitriles is 1. The van der Waals surface area contributed by atoms with Crippen LogP contribution < -0.4 is 10.1 Å². The number of rotatable bonds is 4. The van der Waals surface area contributed by atoms with Crippen molar-refractivity contribution in [1.29, 1.82) is 5.26 Å². The fourth-order valence-corrected chi connectivity index (χ4v) is 3.20. The van der Waals surface area contributed by atoms with Crippen molar-refractivity contribution in [2.24, 2.45) is 5.92 Å². The molecule has 1 aliphatic carbocycles. The van der Waals surface area contributed by atoms with Gasteiger partial charge in [0, 0.05) is 43.9 Å². The van der Waals surface area contributed by atoms with Gasteiger partial charge < -0.3 is 15.2 Å². The lowest BCUT2D eigenvalue weighted by Gasteiger charge is -2.36. The summed E-state index contributed by atoms with van der Waals surface area (Å²) in [5.74, 6) is 1.16. The Bertz CT molecular complexity index is 567. The summed E-state index contributed by atoms with van der Waals surface area (Å²) in [7, 11) is 1.52. The first-order valence-electron chi connectivity index (χ1n) is 7.50. The summed E-state index contributed by atoms with van der Waals surface area (Å²) < 4.78 is 5.23. The molecule has 0 aromatic heterocycles. The normalized spacial score (nSPS) is 19.0. The van der Waals surface area contributed by atoms with E-state index >= 15 is 0 Å². The minimum atomic E-state index is 0. The third-order valence-corrected chi connectivity index (χ3v) is 4.39. The Labute approximate surface area is 149 Å². The highest BCUT2D eigenvalue weighted by Crippen LogP contribution is 2.49. The molecule has 7 heteroatoms. The van der Waals surface area contributed by atoms with Crippen LogP contribution in [-0.4, -0.2) is 43.3 Å². The van der Waals surface area contributed by atoms with E-state index in [0.29, 0.717) is 17.2 Å². The third-order valence-electron chi connectivity index (χ3n) is 4.39. The lowest BCUT2D eigenvalue weighted by Crippen LogP contribution is -2.45. The molecule has 0 unspecified atom stereocenters. The number of nitrogens with zero attached hydrogens (tertiary/aromatic N) is 2. The van der Waals surface area contributed by atoms with Crippen LogP contribution in [0.5, 0.6) is 11.5 Å². The van der Waals surface area contributed by atoms with Gasteiger partial charge in [0.1, 0.15) is 0 Å². The largest absolute Gasteiger partial charge is 0.504 e. The highest BCUT2D eigenvalue weighted by Gasteiger charge is 2.38. The summed E-state index contributed by atoms with van der Waals surface area (Å²) in [5.41, 5.74) is 1.38. The van der Waals surface area contributed by atoms with Crippen molar-refractivity contribution in [3.63, 3.8) is 0 Å². The molecule has 1 saturated carbocycles. The number of benzene rings is 1. The van der Waals surface area contributed by atoms with Crippen LogP contribution in [0.15, 0.2) is 12.1 Å². The molecular weight excluding hydrogens is 337 g/mol. The molecule has 1 atom stereocenters. The molecule has 1 aliphatic heterocycles. The van der Waals surface area contributed by atoms with E-state index in [2.05, 4.69) is 16.3 Å². The van der Waals surface area contributed by atoms with Crippen LogP contribution >= 0.6 is 24.8 Å². The standard InChI is InChI=1S/C16H21N3O2.2ClH/c1-21-14-9-11(10-17)8-13(16(14)20)15(12-2-3-12)19-6-4-18-5-7-19;;/h8-9,12,15,18,20H,2-7H2,1H3;2*1H/t15-;;/m1../s1. The van der Waals surface area contributed by atoms with Gasteiger partial charge in [-0.05, 0) is 24.8 Å². The van der Waals surface area contributed by atoms with Crippen molar-refractivity contribution in [3.05, 3.63) is 23.3 Å². The van der Waals surface area contributed by atoms with Gasteiger partial charge in [-0.15, -0.1) is 24.8 Å². The minimum Gasteiger partial charge on any atom is -0.504 e. The zero-order valence-electron chi connectivity index (χ0n) is 13.1. The summed E-state index contributed by atoms with van der Waals surface area (Å²) in [4.78, 5) is 2.42. The first-order valence-corrected chi connectivity index (χ1v) is 7.50. The van der Waals surface area contributed by atoms with E-state index < -0.39 is 0 Å².